The lowest BCUT2D eigenvalue weighted by Gasteiger charge is -2.29. The van der Waals surface area contributed by atoms with Crippen molar-refractivity contribution in [3.8, 4) is 0 Å². The van der Waals surface area contributed by atoms with E-state index >= 15 is 0 Å². The zero-order valence-electron chi connectivity index (χ0n) is 11.9. The van der Waals surface area contributed by atoms with Crippen molar-refractivity contribution in [1.82, 2.24) is 0 Å². The van der Waals surface area contributed by atoms with Crippen LogP contribution in [0.1, 0.15) is 30.4 Å². The van der Waals surface area contributed by atoms with Crippen molar-refractivity contribution in [2.75, 3.05) is 33.5 Å². The Labute approximate surface area is 116 Å². The van der Waals surface area contributed by atoms with E-state index in [9.17, 15) is 0 Å². The third-order valence-corrected chi connectivity index (χ3v) is 4.21. The maximum absolute atomic E-state index is 6.07. The monoisotopic (exact) mass is 263 g/mol. The fraction of sp³-hybridized carbons (Fsp3) is 0.625. The highest BCUT2D eigenvalue weighted by molar-refractivity contribution is 5.39. The van der Waals surface area contributed by atoms with Crippen LogP contribution in [0.4, 0.5) is 0 Å². The molecule has 1 unspecified atom stereocenters. The van der Waals surface area contributed by atoms with E-state index in [1.807, 2.05) is 0 Å². The van der Waals surface area contributed by atoms with Crippen LogP contribution in [0.2, 0.25) is 0 Å². The van der Waals surface area contributed by atoms with Crippen LogP contribution in [0.5, 0.6) is 0 Å². The summed E-state index contributed by atoms with van der Waals surface area (Å²) in [6.07, 6.45) is 4.29. The summed E-state index contributed by atoms with van der Waals surface area (Å²) < 4.78 is 10.7. The predicted molar refractivity (Wildman–Crippen MR) is 77.4 cm³/mol. The van der Waals surface area contributed by atoms with Crippen LogP contribution < -0.4 is 5.73 Å². The first-order valence-corrected chi connectivity index (χ1v) is 7.17. The van der Waals surface area contributed by atoms with Gasteiger partial charge in [0.1, 0.15) is 0 Å². The molecule has 2 rings (SSSR count). The van der Waals surface area contributed by atoms with Gasteiger partial charge in [-0.1, -0.05) is 24.3 Å². The van der Waals surface area contributed by atoms with E-state index in [0.717, 1.165) is 45.5 Å². The Hall–Kier alpha value is -0.900. The lowest BCUT2D eigenvalue weighted by atomic mass is 9.79. The molecular weight excluding hydrogens is 238 g/mol. The van der Waals surface area contributed by atoms with Gasteiger partial charge in [0.05, 0.1) is 0 Å². The first kappa shape index (κ1) is 14.5. The molecule has 0 aliphatic heterocycles. The number of nitrogens with two attached hydrogens (primary N) is 1. The Kier molecular flexibility index (Phi) is 5.37. The van der Waals surface area contributed by atoms with Crippen molar-refractivity contribution < 1.29 is 9.47 Å². The molecule has 1 atom stereocenters. The molecule has 0 fully saturated rings. The van der Waals surface area contributed by atoms with Crippen LogP contribution in [0.3, 0.4) is 0 Å². The number of methoxy groups -OCH3 is 1. The molecule has 106 valence electrons. The number of hydrogen-bond donors (Lipinski definition) is 1. The summed E-state index contributed by atoms with van der Waals surface area (Å²) in [6, 6.07) is 8.70. The highest BCUT2D eigenvalue weighted by Gasteiger charge is 2.36. The van der Waals surface area contributed by atoms with Crippen molar-refractivity contribution in [2.45, 2.75) is 31.1 Å². The minimum atomic E-state index is 0.137. The van der Waals surface area contributed by atoms with Gasteiger partial charge in [0.15, 0.2) is 0 Å². The molecule has 0 amide bonds. The first-order chi connectivity index (χ1) is 9.32. The molecule has 0 aromatic heterocycles. The highest BCUT2D eigenvalue weighted by atomic mass is 16.5. The molecule has 0 heterocycles. The highest BCUT2D eigenvalue weighted by Crippen LogP contribution is 2.40. The molecule has 0 saturated heterocycles. The number of benzene rings is 1. The van der Waals surface area contributed by atoms with Gasteiger partial charge in [0.25, 0.3) is 0 Å². The molecule has 0 spiro atoms. The average Bonchev–Trinajstić information content (AvgIpc) is 2.83. The summed E-state index contributed by atoms with van der Waals surface area (Å²) in [5.41, 5.74) is 9.11. The van der Waals surface area contributed by atoms with E-state index in [-0.39, 0.29) is 5.41 Å². The summed E-state index contributed by atoms with van der Waals surface area (Å²) in [5.74, 6) is 0. The van der Waals surface area contributed by atoms with Crippen molar-refractivity contribution in [3.05, 3.63) is 35.4 Å². The van der Waals surface area contributed by atoms with Gasteiger partial charge >= 0.3 is 0 Å². The minimum Gasteiger partial charge on any atom is -0.385 e. The second-order valence-corrected chi connectivity index (χ2v) is 5.35. The average molecular weight is 263 g/mol. The van der Waals surface area contributed by atoms with Gasteiger partial charge in [0.2, 0.25) is 0 Å². The standard InChI is InChI=1S/C16H25NO2/c1-18-10-4-11-19-12-9-16(13-17)8-7-14-5-2-3-6-15(14)16/h2-3,5-6H,4,7-13,17H2,1H3. The third kappa shape index (κ3) is 3.35. The van der Waals surface area contributed by atoms with E-state index in [1.165, 1.54) is 11.1 Å². The first-order valence-electron chi connectivity index (χ1n) is 7.17. The van der Waals surface area contributed by atoms with Crippen LogP contribution >= 0.6 is 0 Å². The van der Waals surface area contributed by atoms with E-state index in [0.29, 0.717) is 6.54 Å². The number of aryl methyl sites for hydroxylation is 1. The normalized spacial score (nSPS) is 21.6. The number of fused-ring (bicyclic) bond motifs is 1. The largest absolute Gasteiger partial charge is 0.385 e. The SMILES string of the molecule is COCCCOCCC1(CN)CCc2ccccc21. The molecule has 0 saturated carbocycles. The van der Waals surface area contributed by atoms with Crippen LogP contribution in [0.25, 0.3) is 0 Å². The third-order valence-electron chi connectivity index (χ3n) is 4.21. The Morgan fingerprint density at radius 3 is 2.84 bits per heavy atom. The number of hydrogen-bond acceptors (Lipinski definition) is 3. The van der Waals surface area contributed by atoms with Crippen molar-refractivity contribution in [1.29, 1.82) is 0 Å². The van der Waals surface area contributed by atoms with Crippen LogP contribution in [-0.4, -0.2) is 33.5 Å². The number of ether oxygens (including phenoxy) is 2. The molecule has 1 aliphatic carbocycles. The smallest absolute Gasteiger partial charge is 0.0487 e. The van der Waals surface area contributed by atoms with E-state index < -0.39 is 0 Å². The predicted octanol–water partition coefficient (Wildman–Crippen LogP) is 2.27. The summed E-state index contributed by atoms with van der Waals surface area (Å²) >= 11 is 0. The van der Waals surface area contributed by atoms with Crippen molar-refractivity contribution in [3.63, 3.8) is 0 Å². The van der Waals surface area contributed by atoms with Crippen LogP contribution in [0, 0.1) is 0 Å². The second-order valence-electron chi connectivity index (χ2n) is 5.35. The van der Waals surface area contributed by atoms with E-state index in [1.54, 1.807) is 7.11 Å². The van der Waals surface area contributed by atoms with Crippen LogP contribution in [-0.2, 0) is 21.3 Å². The lowest BCUT2D eigenvalue weighted by molar-refractivity contribution is 0.0899. The summed E-state index contributed by atoms with van der Waals surface area (Å²) in [6.45, 7) is 3.04. The Morgan fingerprint density at radius 1 is 1.21 bits per heavy atom. The molecule has 3 nitrogen and oxygen atoms in total. The van der Waals surface area contributed by atoms with E-state index in [2.05, 4.69) is 24.3 Å². The fourth-order valence-electron chi connectivity index (χ4n) is 3.01. The van der Waals surface area contributed by atoms with Gasteiger partial charge in [-0.2, -0.15) is 0 Å². The quantitative estimate of drug-likeness (QED) is 0.732. The Morgan fingerprint density at radius 2 is 2.05 bits per heavy atom. The maximum atomic E-state index is 6.07. The van der Waals surface area contributed by atoms with E-state index in [4.69, 9.17) is 15.2 Å². The maximum Gasteiger partial charge on any atom is 0.0487 e. The Balaban J connectivity index is 1.87. The van der Waals surface area contributed by atoms with Crippen LogP contribution in [0.15, 0.2) is 24.3 Å². The summed E-state index contributed by atoms with van der Waals surface area (Å²) in [5, 5.41) is 0. The van der Waals surface area contributed by atoms with Gasteiger partial charge in [-0.3, -0.25) is 0 Å². The molecule has 1 aromatic carbocycles. The van der Waals surface area contributed by atoms with Gasteiger partial charge in [0, 0.05) is 38.9 Å². The van der Waals surface area contributed by atoms with Gasteiger partial charge < -0.3 is 15.2 Å². The molecular formula is C16H25NO2. The molecule has 1 aliphatic rings. The zero-order valence-corrected chi connectivity index (χ0v) is 11.9. The molecule has 0 bridgehead atoms. The zero-order chi connectivity index (χ0) is 13.6. The van der Waals surface area contributed by atoms with Gasteiger partial charge in [-0.25, -0.2) is 0 Å². The number of rotatable bonds is 8. The Bertz CT molecular complexity index is 394. The minimum absolute atomic E-state index is 0.137. The topological polar surface area (TPSA) is 44.5 Å². The lowest BCUT2D eigenvalue weighted by Crippen LogP contribution is -2.34. The van der Waals surface area contributed by atoms with Crippen molar-refractivity contribution in [2.24, 2.45) is 5.73 Å². The fourth-order valence-corrected chi connectivity index (χ4v) is 3.01. The van der Waals surface area contributed by atoms with Crippen molar-refractivity contribution >= 4 is 0 Å². The molecule has 2 N–H and O–H groups in total. The molecule has 19 heavy (non-hydrogen) atoms. The molecule has 0 radical (unpaired) electrons. The second kappa shape index (κ2) is 7.04. The summed E-state index contributed by atoms with van der Waals surface area (Å²) in [7, 11) is 1.72. The molecule has 1 aromatic rings. The summed E-state index contributed by atoms with van der Waals surface area (Å²) in [4.78, 5) is 0. The molecule has 3 heteroatoms. The van der Waals surface area contributed by atoms with Gasteiger partial charge in [-0.05, 0) is 36.8 Å². The van der Waals surface area contributed by atoms with Gasteiger partial charge in [-0.15, -0.1) is 0 Å².